The third-order valence-electron chi connectivity index (χ3n) is 4.38. The van der Waals surface area contributed by atoms with Gasteiger partial charge in [0.05, 0.1) is 0 Å². The minimum Gasteiger partial charge on any atom is -0.299 e. The van der Waals surface area contributed by atoms with Crippen molar-refractivity contribution in [2.75, 3.05) is 0 Å². The molecule has 0 heterocycles. The van der Waals surface area contributed by atoms with Crippen LogP contribution in [0, 0.1) is 17.7 Å². The maximum absolute atomic E-state index is 14.1. The van der Waals surface area contributed by atoms with Gasteiger partial charge in [-0.1, -0.05) is 38.4 Å². The van der Waals surface area contributed by atoms with Crippen molar-refractivity contribution in [3.63, 3.8) is 0 Å². The fourth-order valence-electron chi connectivity index (χ4n) is 3.16. The maximum atomic E-state index is 14.1. The van der Waals surface area contributed by atoms with Crippen LogP contribution >= 0.6 is 11.6 Å². The molecular weight excluding hydrogens is 263 g/mol. The smallest absolute Gasteiger partial charge is 0.137 e. The topological polar surface area (TPSA) is 17.1 Å². The summed E-state index contributed by atoms with van der Waals surface area (Å²) in [6, 6.07) is 4.73. The first-order chi connectivity index (χ1) is 8.82. The molecule has 19 heavy (non-hydrogen) atoms. The molecule has 1 aromatic rings. The van der Waals surface area contributed by atoms with Gasteiger partial charge in [0.1, 0.15) is 11.6 Å². The Morgan fingerprint density at radius 2 is 2.00 bits per heavy atom. The number of halogens is 2. The molecule has 1 fully saturated rings. The number of benzene rings is 1. The lowest BCUT2D eigenvalue weighted by molar-refractivity contribution is -0.128. The molecule has 1 nitrogen and oxygen atoms in total. The summed E-state index contributed by atoms with van der Waals surface area (Å²) in [5.74, 6) is 0.302. The first kappa shape index (κ1) is 14.5. The first-order valence-corrected chi connectivity index (χ1v) is 7.18. The van der Waals surface area contributed by atoms with Crippen LogP contribution in [0.2, 0.25) is 5.02 Å². The molecular formula is C16H20ClFO. The summed E-state index contributed by atoms with van der Waals surface area (Å²) in [7, 11) is 0. The van der Waals surface area contributed by atoms with E-state index < -0.39 is 5.41 Å². The Morgan fingerprint density at radius 1 is 1.32 bits per heavy atom. The molecule has 0 bridgehead atoms. The highest BCUT2D eigenvalue weighted by Crippen LogP contribution is 2.41. The van der Waals surface area contributed by atoms with E-state index >= 15 is 0 Å². The minimum absolute atomic E-state index is 0.0978. The normalized spacial score (nSPS) is 24.6. The predicted octanol–water partition coefficient (Wildman–Crippen LogP) is 4.76. The van der Waals surface area contributed by atoms with Crippen molar-refractivity contribution in [3.05, 3.63) is 34.6 Å². The Bertz CT molecular complexity index is 496. The molecule has 104 valence electrons. The first-order valence-electron chi connectivity index (χ1n) is 6.80. The quantitative estimate of drug-likeness (QED) is 0.764. The predicted molar refractivity (Wildman–Crippen MR) is 75.9 cm³/mol. The largest absolute Gasteiger partial charge is 0.299 e. The minimum atomic E-state index is -0.480. The molecule has 0 radical (unpaired) electrons. The average Bonchev–Trinajstić information content (AvgIpc) is 2.27. The second-order valence-corrected chi connectivity index (χ2v) is 6.69. The summed E-state index contributed by atoms with van der Waals surface area (Å²) in [6.07, 6.45) is 2.49. The van der Waals surface area contributed by atoms with E-state index in [1.807, 2.05) is 13.8 Å². The molecule has 0 aliphatic heterocycles. The monoisotopic (exact) mass is 282 g/mol. The Morgan fingerprint density at radius 3 is 2.58 bits per heavy atom. The van der Waals surface area contributed by atoms with Crippen molar-refractivity contribution in [3.8, 4) is 0 Å². The van der Waals surface area contributed by atoms with Crippen LogP contribution in [0.1, 0.15) is 45.6 Å². The van der Waals surface area contributed by atoms with Gasteiger partial charge in [-0.2, -0.15) is 0 Å². The van der Waals surface area contributed by atoms with Crippen LogP contribution in [0.5, 0.6) is 0 Å². The van der Waals surface area contributed by atoms with Crippen LogP contribution in [0.3, 0.4) is 0 Å². The zero-order chi connectivity index (χ0) is 14.2. The van der Waals surface area contributed by atoms with Crippen molar-refractivity contribution in [2.45, 2.75) is 45.4 Å². The maximum Gasteiger partial charge on any atom is 0.137 e. The van der Waals surface area contributed by atoms with Gasteiger partial charge in [-0.25, -0.2) is 4.39 Å². The third-order valence-corrected chi connectivity index (χ3v) is 4.62. The molecule has 1 aliphatic rings. The molecule has 0 amide bonds. The van der Waals surface area contributed by atoms with Gasteiger partial charge in [-0.15, -0.1) is 0 Å². The average molecular weight is 283 g/mol. The molecule has 2 unspecified atom stereocenters. The summed E-state index contributed by atoms with van der Waals surface area (Å²) in [6.45, 7) is 6.01. The Hall–Kier alpha value is -0.890. The van der Waals surface area contributed by atoms with Crippen LogP contribution < -0.4 is 0 Å². The van der Waals surface area contributed by atoms with Crippen LogP contribution in [0.15, 0.2) is 18.2 Å². The number of hydrogen-bond acceptors (Lipinski definition) is 1. The van der Waals surface area contributed by atoms with E-state index in [2.05, 4.69) is 6.92 Å². The summed E-state index contributed by atoms with van der Waals surface area (Å²) in [4.78, 5) is 12.3. The van der Waals surface area contributed by atoms with Crippen molar-refractivity contribution >= 4 is 17.4 Å². The number of carbonyl (C=O) groups is 1. The molecule has 1 aromatic carbocycles. The molecule has 0 aromatic heterocycles. The van der Waals surface area contributed by atoms with E-state index in [9.17, 15) is 9.18 Å². The van der Waals surface area contributed by atoms with Crippen molar-refractivity contribution < 1.29 is 9.18 Å². The van der Waals surface area contributed by atoms with Crippen molar-refractivity contribution in [2.24, 2.45) is 11.8 Å². The summed E-state index contributed by atoms with van der Waals surface area (Å²) in [5, 5.41) is 0.389. The number of hydrogen-bond donors (Lipinski definition) is 0. The lowest BCUT2D eigenvalue weighted by atomic mass is 9.65. The molecule has 3 heteroatoms. The summed E-state index contributed by atoms with van der Waals surface area (Å²) < 4.78 is 14.1. The number of ketones is 1. The molecule has 0 saturated heterocycles. The number of rotatable bonds is 2. The number of carbonyl (C=O) groups excluding carboxylic acids is 1. The zero-order valence-corrected chi connectivity index (χ0v) is 12.4. The molecule has 1 saturated carbocycles. The standard InChI is InChI=1S/C16H20ClFO/c1-10-4-6-13(15(19)8-10)16(2,3)12-7-5-11(17)9-14(12)18/h5,7,9-10,13H,4,6,8H2,1-3H3. The number of Topliss-reactive ketones (excluding diaryl/α,β-unsaturated/α-hetero) is 1. The summed E-state index contributed by atoms with van der Waals surface area (Å²) in [5.41, 5.74) is 0.108. The van der Waals surface area contributed by atoms with E-state index in [0.29, 0.717) is 22.9 Å². The van der Waals surface area contributed by atoms with Gasteiger partial charge in [0.15, 0.2) is 0 Å². The Kier molecular flexibility index (Phi) is 4.00. The van der Waals surface area contributed by atoms with Crippen LogP contribution in [0.25, 0.3) is 0 Å². The summed E-state index contributed by atoms with van der Waals surface area (Å²) >= 11 is 5.79. The second kappa shape index (κ2) is 5.24. The van der Waals surface area contributed by atoms with E-state index in [4.69, 9.17) is 11.6 Å². The van der Waals surface area contributed by atoms with E-state index in [0.717, 1.165) is 12.8 Å². The fraction of sp³-hybridized carbons (Fsp3) is 0.562. The van der Waals surface area contributed by atoms with Gasteiger partial charge in [0.25, 0.3) is 0 Å². The lowest BCUT2D eigenvalue weighted by Crippen LogP contribution is -2.39. The van der Waals surface area contributed by atoms with Gasteiger partial charge in [-0.3, -0.25) is 4.79 Å². The van der Waals surface area contributed by atoms with Gasteiger partial charge < -0.3 is 0 Å². The van der Waals surface area contributed by atoms with Crippen molar-refractivity contribution in [1.29, 1.82) is 0 Å². The van der Waals surface area contributed by atoms with Crippen molar-refractivity contribution in [1.82, 2.24) is 0 Å². The molecule has 2 rings (SSSR count). The van der Waals surface area contributed by atoms with E-state index in [1.54, 1.807) is 12.1 Å². The van der Waals surface area contributed by atoms with Gasteiger partial charge >= 0.3 is 0 Å². The zero-order valence-electron chi connectivity index (χ0n) is 11.7. The van der Waals surface area contributed by atoms with Crippen LogP contribution in [-0.2, 0) is 10.2 Å². The van der Waals surface area contributed by atoms with Crippen LogP contribution in [-0.4, -0.2) is 5.78 Å². The van der Waals surface area contributed by atoms with E-state index in [-0.39, 0.29) is 17.5 Å². The van der Waals surface area contributed by atoms with E-state index in [1.165, 1.54) is 6.07 Å². The Labute approximate surface area is 119 Å². The molecule has 0 spiro atoms. The fourth-order valence-corrected chi connectivity index (χ4v) is 3.32. The van der Waals surface area contributed by atoms with Crippen LogP contribution in [0.4, 0.5) is 4.39 Å². The SMILES string of the molecule is CC1CCC(C(C)(C)c2ccc(Cl)cc2F)C(=O)C1. The molecule has 1 aliphatic carbocycles. The highest BCUT2D eigenvalue weighted by atomic mass is 35.5. The van der Waals surface area contributed by atoms with Gasteiger partial charge in [0.2, 0.25) is 0 Å². The second-order valence-electron chi connectivity index (χ2n) is 6.25. The Balaban J connectivity index is 2.33. The van der Waals surface area contributed by atoms with Gasteiger partial charge in [0, 0.05) is 22.8 Å². The highest BCUT2D eigenvalue weighted by molar-refractivity contribution is 6.30. The highest BCUT2D eigenvalue weighted by Gasteiger charge is 2.40. The lowest BCUT2D eigenvalue weighted by Gasteiger charge is -2.38. The van der Waals surface area contributed by atoms with Gasteiger partial charge in [-0.05, 0) is 36.5 Å². The third kappa shape index (κ3) is 2.84. The molecule has 0 N–H and O–H groups in total. The molecule has 2 atom stereocenters.